The molecule has 0 saturated carbocycles. The number of nitrogens with one attached hydrogen (secondary N) is 2. The fourth-order valence-electron chi connectivity index (χ4n) is 2.13. The maximum absolute atomic E-state index is 12.3. The number of halogens is 1. The van der Waals surface area contributed by atoms with E-state index in [1.54, 1.807) is 42.8 Å². The number of carbonyl (C=O) groups excluding carboxylic acids is 2. The number of benzene rings is 1. The number of hydrogen-bond donors (Lipinski definition) is 2. The van der Waals surface area contributed by atoms with Gasteiger partial charge in [-0.05, 0) is 58.0 Å². The van der Waals surface area contributed by atoms with Crippen LogP contribution in [0.4, 0.5) is 0 Å². The highest BCUT2D eigenvalue weighted by Gasteiger charge is 2.30. The van der Waals surface area contributed by atoms with Gasteiger partial charge in [-0.3, -0.25) is 25.1 Å². The molecular weight excluding hydrogens is 344 g/mol. The largest absolute Gasteiger partial charge is 0.478 e. The van der Waals surface area contributed by atoms with Gasteiger partial charge in [0.15, 0.2) is 5.60 Å². The molecule has 0 fully saturated rings. The lowest BCUT2D eigenvalue weighted by molar-refractivity contribution is -0.138. The maximum atomic E-state index is 12.3. The van der Waals surface area contributed by atoms with Gasteiger partial charge in [-0.25, -0.2) is 0 Å². The zero-order valence-electron chi connectivity index (χ0n) is 14.6. The highest BCUT2D eigenvalue weighted by molar-refractivity contribution is 6.30. The fourth-order valence-corrected chi connectivity index (χ4v) is 2.26. The van der Waals surface area contributed by atoms with E-state index in [1.165, 1.54) is 0 Å². The predicted octanol–water partition coefficient (Wildman–Crippen LogP) is 2.16. The third-order valence-corrected chi connectivity index (χ3v) is 3.70. The minimum atomic E-state index is -1.18. The molecule has 25 heavy (non-hydrogen) atoms. The van der Waals surface area contributed by atoms with Crippen LogP contribution in [0.5, 0.6) is 5.75 Å². The van der Waals surface area contributed by atoms with E-state index in [1.807, 2.05) is 19.9 Å². The number of aromatic nitrogens is 2. The Morgan fingerprint density at radius 1 is 1.20 bits per heavy atom. The van der Waals surface area contributed by atoms with Crippen molar-refractivity contribution < 1.29 is 14.3 Å². The number of rotatable bonds is 5. The lowest BCUT2D eigenvalue weighted by Gasteiger charge is -2.25. The molecule has 0 bridgehead atoms. The first-order chi connectivity index (χ1) is 11.7. The maximum Gasteiger partial charge on any atom is 0.281 e. The Morgan fingerprint density at radius 3 is 2.40 bits per heavy atom. The van der Waals surface area contributed by atoms with Gasteiger partial charge in [-0.2, -0.15) is 5.10 Å². The average Bonchev–Trinajstić information content (AvgIpc) is 2.84. The molecule has 7 nitrogen and oxygen atoms in total. The van der Waals surface area contributed by atoms with E-state index in [9.17, 15) is 9.59 Å². The van der Waals surface area contributed by atoms with Crippen molar-refractivity contribution in [2.24, 2.45) is 0 Å². The summed E-state index contributed by atoms with van der Waals surface area (Å²) in [6.07, 6.45) is 0. The number of amides is 2. The minimum Gasteiger partial charge on any atom is -0.478 e. The molecule has 2 rings (SSSR count). The van der Waals surface area contributed by atoms with E-state index in [-0.39, 0.29) is 12.5 Å². The van der Waals surface area contributed by atoms with E-state index in [4.69, 9.17) is 16.3 Å². The first kappa shape index (κ1) is 18.8. The molecule has 1 heterocycles. The molecule has 134 valence electrons. The molecule has 0 spiro atoms. The molecule has 2 N–H and O–H groups in total. The Hall–Kier alpha value is -2.54. The Kier molecular flexibility index (Phi) is 5.69. The lowest BCUT2D eigenvalue weighted by Crippen LogP contribution is -2.53. The van der Waals surface area contributed by atoms with Crippen LogP contribution < -0.4 is 15.6 Å². The summed E-state index contributed by atoms with van der Waals surface area (Å²) in [4.78, 5) is 24.2. The van der Waals surface area contributed by atoms with Crippen molar-refractivity contribution in [1.82, 2.24) is 20.6 Å². The van der Waals surface area contributed by atoms with Crippen molar-refractivity contribution >= 4 is 23.4 Å². The van der Waals surface area contributed by atoms with Crippen LogP contribution in [0.2, 0.25) is 5.02 Å². The van der Waals surface area contributed by atoms with Crippen LogP contribution in [0.1, 0.15) is 25.2 Å². The number of carbonyl (C=O) groups is 2. The van der Waals surface area contributed by atoms with Crippen molar-refractivity contribution in [2.45, 2.75) is 39.8 Å². The van der Waals surface area contributed by atoms with Crippen molar-refractivity contribution in [3.63, 3.8) is 0 Å². The van der Waals surface area contributed by atoms with Gasteiger partial charge in [0.05, 0.1) is 5.69 Å². The van der Waals surface area contributed by atoms with Gasteiger partial charge in [-0.1, -0.05) is 11.6 Å². The molecule has 0 saturated heterocycles. The molecule has 0 aliphatic heterocycles. The molecule has 0 radical (unpaired) electrons. The zero-order chi connectivity index (χ0) is 18.6. The summed E-state index contributed by atoms with van der Waals surface area (Å²) in [7, 11) is 0. The second-order valence-electron chi connectivity index (χ2n) is 6.15. The Labute approximate surface area is 151 Å². The fraction of sp³-hybridized carbons (Fsp3) is 0.353. The van der Waals surface area contributed by atoms with Gasteiger partial charge in [0.1, 0.15) is 12.3 Å². The highest BCUT2D eigenvalue weighted by atomic mass is 35.5. The molecule has 1 aromatic heterocycles. The smallest absolute Gasteiger partial charge is 0.281 e. The molecule has 2 amide bonds. The summed E-state index contributed by atoms with van der Waals surface area (Å²) >= 11 is 5.82. The van der Waals surface area contributed by atoms with Gasteiger partial charge in [-0.15, -0.1) is 0 Å². The summed E-state index contributed by atoms with van der Waals surface area (Å²) in [5.41, 5.74) is 5.25. The molecular formula is C17H21ClN4O3. The SMILES string of the molecule is Cc1cc(C)n(CC(=O)NNC(=O)C(C)(C)Oc2ccc(Cl)cc2)n1. The number of aryl methyl sites for hydroxylation is 2. The highest BCUT2D eigenvalue weighted by Crippen LogP contribution is 2.20. The second-order valence-corrected chi connectivity index (χ2v) is 6.59. The van der Waals surface area contributed by atoms with E-state index in [2.05, 4.69) is 16.0 Å². The summed E-state index contributed by atoms with van der Waals surface area (Å²) in [6, 6.07) is 8.54. The molecule has 0 aliphatic rings. The van der Waals surface area contributed by atoms with Crippen LogP contribution in [0, 0.1) is 13.8 Å². The van der Waals surface area contributed by atoms with Crippen molar-refractivity contribution in [3.05, 3.63) is 46.7 Å². The van der Waals surface area contributed by atoms with Crippen LogP contribution in [0.3, 0.4) is 0 Å². The normalized spacial score (nSPS) is 11.1. The summed E-state index contributed by atoms with van der Waals surface area (Å²) in [6.45, 7) is 6.92. The quantitative estimate of drug-likeness (QED) is 0.796. The summed E-state index contributed by atoms with van der Waals surface area (Å²) in [5, 5.41) is 4.77. The first-order valence-corrected chi connectivity index (χ1v) is 8.10. The molecule has 0 unspecified atom stereocenters. The van der Waals surface area contributed by atoms with Gasteiger partial charge >= 0.3 is 0 Å². The van der Waals surface area contributed by atoms with Gasteiger partial charge in [0.25, 0.3) is 11.8 Å². The standard InChI is InChI=1S/C17H21ClN4O3/c1-11-9-12(2)22(21-11)10-15(23)19-20-16(24)17(3,4)25-14-7-5-13(18)6-8-14/h5-9H,10H2,1-4H3,(H,19,23)(H,20,24). The number of ether oxygens (including phenoxy) is 1. The minimum absolute atomic E-state index is 0.0123. The van der Waals surface area contributed by atoms with E-state index in [0.717, 1.165) is 11.4 Å². The van der Waals surface area contributed by atoms with Crippen LogP contribution in [0.25, 0.3) is 0 Å². The van der Waals surface area contributed by atoms with Crippen LogP contribution in [-0.4, -0.2) is 27.2 Å². The van der Waals surface area contributed by atoms with Crippen LogP contribution in [0.15, 0.2) is 30.3 Å². The molecule has 1 aromatic carbocycles. The predicted molar refractivity (Wildman–Crippen MR) is 94.1 cm³/mol. The van der Waals surface area contributed by atoms with Gasteiger partial charge < -0.3 is 4.74 Å². The van der Waals surface area contributed by atoms with Gasteiger partial charge in [0, 0.05) is 10.7 Å². The van der Waals surface area contributed by atoms with Gasteiger partial charge in [0.2, 0.25) is 0 Å². The molecule has 8 heteroatoms. The van der Waals surface area contributed by atoms with Crippen LogP contribution in [-0.2, 0) is 16.1 Å². The lowest BCUT2D eigenvalue weighted by atomic mass is 10.1. The van der Waals surface area contributed by atoms with E-state index >= 15 is 0 Å². The summed E-state index contributed by atoms with van der Waals surface area (Å²) in [5.74, 6) is -0.371. The molecule has 0 aliphatic carbocycles. The topological polar surface area (TPSA) is 85.2 Å². The van der Waals surface area contributed by atoms with E-state index < -0.39 is 11.5 Å². The van der Waals surface area contributed by atoms with E-state index in [0.29, 0.717) is 10.8 Å². The number of nitrogens with zero attached hydrogens (tertiary/aromatic N) is 2. The zero-order valence-corrected chi connectivity index (χ0v) is 15.3. The average molecular weight is 365 g/mol. The Morgan fingerprint density at radius 2 is 1.84 bits per heavy atom. The third-order valence-electron chi connectivity index (χ3n) is 3.45. The Bertz CT molecular complexity index is 769. The van der Waals surface area contributed by atoms with Crippen LogP contribution >= 0.6 is 11.6 Å². The number of hydrogen-bond acceptors (Lipinski definition) is 4. The molecule has 2 aromatic rings. The van der Waals surface area contributed by atoms with Crippen molar-refractivity contribution in [2.75, 3.05) is 0 Å². The monoisotopic (exact) mass is 364 g/mol. The number of hydrazine groups is 1. The first-order valence-electron chi connectivity index (χ1n) is 7.72. The second kappa shape index (κ2) is 7.57. The Balaban J connectivity index is 1.88. The third kappa shape index (κ3) is 5.22. The van der Waals surface area contributed by atoms with Crippen molar-refractivity contribution in [3.8, 4) is 5.75 Å². The summed E-state index contributed by atoms with van der Waals surface area (Å²) < 4.78 is 7.21. The van der Waals surface area contributed by atoms with Crippen molar-refractivity contribution in [1.29, 1.82) is 0 Å². The molecule has 0 atom stereocenters.